The number of hydrogen-bond acceptors (Lipinski definition) is 3. The van der Waals surface area contributed by atoms with E-state index in [1.165, 1.54) is 19.3 Å². The van der Waals surface area contributed by atoms with Crippen molar-refractivity contribution < 1.29 is 9.53 Å². The number of methoxy groups -OCH3 is 1. The Morgan fingerprint density at radius 2 is 2.24 bits per heavy atom. The third-order valence-electron chi connectivity index (χ3n) is 4.02. The van der Waals surface area contributed by atoms with E-state index >= 15 is 0 Å². The summed E-state index contributed by atoms with van der Waals surface area (Å²) in [6.07, 6.45) is 3.62. The van der Waals surface area contributed by atoms with E-state index in [0.29, 0.717) is 16.9 Å². The summed E-state index contributed by atoms with van der Waals surface area (Å²) in [5, 5.41) is 3.01. The number of hydrogen-bond donors (Lipinski definition) is 2. The lowest BCUT2D eigenvalue weighted by atomic mass is 9.70. The van der Waals surface area contributed by atoms with Crippen LogP contribution in [0.15, 0.2) is 18.2 Å². The van der Waals surface area contributed by atoms with Gasteiger partial charge < -0.3 is 15.8 Å². The highest BCUT2D eigenvalue weighted by Crippen LogP contribution is 2.39. The molecule has 0 aromatic heterocycles. The number of benzene rings is 1. The molecule has 0 bridgehead atoms. The maximum atomic E-state index is 12.2. The Kier molecular flexibility index (Phi) is 4.87. The number of nitrogens with one attached hydrogen (secondary N) is 1. The molecule has 0 radical (unpaired) electrons. The van der Waals surface area contributed by atoms with Crippen LogP contribution in [0.3, 0.4) is 0 Å². The zero-order valence-corrected chi connectivity index (χ0v) is 12.7. The van der Waals surface area contributed by atoms with Gasteiger partial charge in [0.25, 0.3) is 5.91 Å². The highest BCUT2D eigenvalue weighted by Gasteiger charge is 2.31. The molecule has 0 saturated heterocycles. The first-order chi connectivity index (χ1) is 10.1. The van der Waals surface area contributed by atoms with E-state index in [1.54, 1.807) is 25.3 Å². The van der Waals surface area contributed by atoms with Crippen molar-refractivity contribution in [3.8, 4) is 17.6 Å². The minimum absolute atomic E-state index is 0.0680. The molecular weight excluding hydrogens is 264 g/mol. The van der Waals surface area contributed by atoms with Crippen LogP contribution >= 0.6 is 0 Å². The van der Waals surface area contributed by atoms with Crippen LogP contribution in [-0.2, 0) is 0 Å². The Hall–Kier alpha value is -1.99. The number of rotatable bonds is 4. The molecular formula is C17H22N2O2. The number of ether oxygens (including phenoxy) is 1. The quantitative estimate of drug-likeness (QED) is 0.831. The van der Waals surface area contributed by atoms with Gasteiger partial charge in [0.15, 0.2) is 0 Å². The van der Waals surface area contributed by atoms with Gasteiger partial charge in [0.2, 0.25) is 0 Å². The van der Waals surface area contributed by atoms with Gasteiger partial charge in [0, 0.05) is 12.1 Å². The normalized spacial score (nSPS) is 15.4. The van der Waals surface area contributed by atoms with Crippen LogP contribution in [0.1, 0.15) is 42.1 Å². The molecule has 0 spiro atoms. The highest BCUT2D eigenvalue weighted by molar-refractivity contribution is 5.94. The molecule has 4 heteroatoms. The van der Waals surface area contributed by atoms with Crippen LogP contribution in [0.2, 0.25) is 0 Å². The van der Waals surface area contributed by atoms with Crippen molar-refractivity contribution in [1.29, 1.82) is 0 Å². The number of carbonyl (C=O) groups is 1. The molecule has 1 aliphatic rings. The van der Waals surface area contributed by atoms with Crippen molar-refractivity contribution in [2.24, 2.45) is 11.1 Å². The van der Waals surface area contributed by atoms with Crippen molar-refractivity contribution in [2.75, 3.05) is 20.2 Å². The Bertz CT molecular complexity index is 580. The van der Waals surface area contributed by atoms with E-state index in [-0.39, 0.29) is 17.9 Å². The SMILES string of the molecule is COc1ccc(C(=O)NCC2(C)CCC2)cc1C#CCN. The lowest BCUT2D eigenvalue weighted by Gasteiger charge is -2.38. The van der Waals surface area contributed by atoms with Crippen molar-refractivity contribution >= 4 is 5.91 Å². The Labute approximate surface area is 126 Å². The van der Waals surface area contributed by atoms with Crippen LogP contribution in [0.4, 0.5) is 0 Å². The molecule has 1 aromatic rings. The van der Waals surface area contributed by atoms with Crippen molar-refractivity contribution in [1.82, 2.24) is 5.32 Å². The second kappa shape index (κ2) is 6.64. The van der Waals surface area contributed by atoms with E-state index < -0.39 is 0 Å². The van der Waals surface area contributed by atoms with E-state index in [9.17, 15) is 4.79 Å². The fourth-order valence-electron chi connectivity index (χ4n) is 2.45. The van der Waals surface area contributed by atoms with Crippen LogP contribution in [0.5, 0.6) is 5.75 Å². The molecule has 0 aliphatic heterocycles. The van der Waals surface area contributed by atoms with Gasteiger partial charge in [-0.15, -0.1) is 0 Å². The second-order valence-electron chi connectivity index (χ2n) is 5.77. The van der Waals surface area contributed by atoms with E-state index in [2.05, 4.69) is 24.1 Å². The van der Waals surface area contributed by atoms with Crippen LogP contribution in [-0.4, -0.2) is 26.1 Å². The first kappa shape index (κ1) is 15.4. The average Bonchev–Trinajstić information content (AvgIpc) is 2.48. The molecule has 0 atom stereocenters. The van der Waals surface area contributed by atoms with Gasteiger partial charge in [0.05, 0.1) is 19.2 Å². The molecule has 1 aliphatic carbocycles. The Morgan fingerprint density at radius 3 is 2.81 bits per heavy atom. The Morgan fingerprint density at radius 1 is 1.48 bits per heavy atom. The fourth-order valence-corrected chi connectivity index (χ4v) is 2.45. The maximum Gasteiger partial charge on any atom is 0.251 e. The Balaban J connectivity index is 2.09. The summed E-state index contributed by atoms with van der Waals surface area (Å²) in [4.78, 5) is 12.2. The first-order valence-electron chi connectivity index (χ1n) is 7.23. The maximum absolute atomic E-state index is 12.2. The number of amides is 1. The molecule has 1 saturated carbocycles. The summed E-state index contributed by atoms with van der Waals surface area (Å²) < 4.78 is 5.24. The molecule has 2 rings (SSSR count). The predicted octanol–water partition coefficient (Wildman–Crippen LogP) is 1.93. The first-order valence-corrected chi connectivity index (χ1v) is 7.23. The largest absolute Gasteiger partial charge is 0.495 e. The third kappa shape index (κ3) is 3.77. The van der Waals surface area contributed by atoms with Crippen LogP contribution in [0, 0.1) is 17.3 Å². The van der Waals surface area contributed by atoms with Gasteiger partial charge in [-0.2, -0.15) is 0 Å². The standard InChI is InChI=1S/C17H22N2O2/c1-17(8-4-9-17)12-19-16(20)14-6-7-15(21-2)13(11-14)5-3-10-18/h6-7,11H,4,8-10,12,18H2,1-2H3,(H,19,20). The van der Waals surface area contributed by atoms with E-state index in [1.807, 2.05) is 0 Å². The summed E-state index contributed by atoms with van der Waals surface area (Å²) in [5.74, 6) is 6.30. The minimum Gasteiger partial charge on any atom is -0.495 e. The lowest BCUT2D eigenvalue weighted by molar-refractivity contribution is 0.0890. The predicted molar refractivity (Wildman–Crippen MR) is 83.2 cm³/mol. The van der Waals surface area contributed by atoms with Crippen LogP contribution in [0.25, 0.3) is 0 Å². The lowest BCUT2D eigenvalue weighted by Crippen LogP contribution is -2.39. The van der Waals surface area contributed by atoms with E-state index in [4.69, 9.17) is 10.5 Å². The van der Waals surface area contributed by atoms with Gasteiger partial charge >= 0.3 is 0 Å². The van der Waals surface area contributed by atoms with Gasteiger partial charge in [-0.1, -0.05) is 25.2 Å². The molecule has 4 nitrogen and oxygen atoms in total. The molecule has 1 fully saturated rings. The monoisotopic (exact) mass is 286 g/mol. The molecule has 1 amide bonds. The van der Waals surface area contributed by atoms with Crippen molar-refractivity contribution in [3.63, 3.8) is 0 Å². The van der Waals surface area contributed by atoms with Gasteiger partial charge in [-0.3, -0.25) is 4.79 Å². The van der Waals surface area contributed by atoms with Crippen molar-refractivity contribution in [3.05, 3.63) is 29.3 Å². The smallest absolute Gasteiger partial charge is 0.251 e. The number of nitrogens with two attached hydrogens (primary N) is 1. The fraction of sp³-hybridized carbons (Fsp3) is 0.471. The summed E-state index contributed by atoms with van der Waals surface area (Å²) in [7, 11) is 1.58. The van der Waals surface area contributed by atoms with Gasteiger partial charge in [-0.05, 0) is 36.5 Å². The summed E-state index contributed by atoms with van der Waals surface area (Å²) in [6, 6.07) is 5.27. The summed E-state index contributed by atoms with van der Waals surface area (Å²) in [5.41, 5.74) is 6.94. The molecule has 21 heavy (non-hydrogen) atoms. The van der Waals surface area contributed by atoms with Gasteiger partial charge in [-0.25, -0.2) is 0 Å². The van der Waals surface area contributed by atoms with Crippen LogP contribution < -0.4 is 15.8 Å². The average molecular weight is 286 g/mol. The highest BCUT2D eigenvalue weighted by atomic mass is 16.5. The zero-order valence-electron chi connectivity index (χ0n) is 12.7. The second-order valence-corrected chi connectivity index (χ2v) is 5.77. The topological polar surface area (TPSA) is 64.3 Å². The summed E-state index contributed by atoms with van der Waals surface area (Å²) >= 11 is 0. The molecule has 0 heterocycles. The van der Waals surface area contributed by atoms with Crippen molar-refractivity contribution in [2.45, 2.75) is 26.2 Å². The summed E-state index contributed by atoms with van der Waals surface area (Å²) in [6.45, 7) is 3.21. The third-order valence-corrected chi connectivity index (χ3v) is 4.02. The van der Waals surface area contributed by atoms with Gasteiger partial charge in [0.1, 0.15) is 5.75 Å². The minimum atomic E-state index is -0.0680. The van der Waals surface area contributed by atoms with E-state index in [0.717, 1.165) is 6.54 Å². The molecule has 0 unspecified atom stereocenters. The molecule has 3 N–H and O–H groups in total. The molecule has 1 aromatic carbocycles. The number of carbonyl (C=O) groups excluding carboxylic acids is 1. The zero-order chi connectivity index (χ0) is 15.3. The molecule has 112 valence electrons.